The van der Waals surface area contributed by atoms with Gasteiger partial charge in [0.2, 0.25) is 11.8 Å². The second-order valence-electron chi connectivity index (χ2n) is 20.5. The molecule has 4 aliphatic rings. The molecule has 6 unspecified atom stereocenters. The first kappa shape index (κ1) is 55.1. The van der Waals surface area contributed by atoms with E-state index in [4.69, 9.17) is 4.98 Å². The number of halogens is 1. The molecular weight excluding hydrogens is 1040 g/mol. The van der Waals surface area contributed by atoms with Crippen LogP contribution in [0.4, 0.5) is 0 Å². The zero-order valence-corrected chi connectivity index (χ0v) is 46.9. The Bertz CT molecular complexity index is 2100. The van der Waals surface area contributed by atoms with Crippen LogP contribution in [-0.4, -0.2) is 76.1 Å². The molecule has 2 aromatic heterocycles. The van der Waals surface area contributed by atoms with E-state index in [1.807, 2.05) is 30.6 Å². The molecule has 67 heavy (non-hydrogen) atoms. The third-order valence-electron chi connectivity index (χ3n) is 16.1. The summed E-state index contributed by atoms with van der Waals surface area (Å²) in [7, 11) is 0. The Morgan fingerprint density at radius 1 is 0.567 bits per heavy atom. The molecule has 4 fully saturated rings. The van der Waals surface area contributed by atoms with Crippen molar-refractivity contribution in [3.8, 4) is 11.3 Å². The molecule has 2 saturated carbocycles. The number of fused-ring (bicyclic) bond motifs is 2. The fourth-order valence-electron chi connectivity index (χ4n) is 11.7. The van der Waals surface area contributed by atoms with Crippen molar-refractivity contribution >= 4 is 56.5 Å². The van der Waals surface area contributed by atoms with Gasteiger partial charge in [0.05, 0.1) is 17.5 Å². The second-order valence-corrected chi connectivity index (χ2v) is 34.8. The van der Waals surface area contributed by atoms with Crippen LogP contribution in [0.5, 0.6) is 0 Å². The summed E-state index contributed by atoms with van der Waals surface area (Å²) in [6.07, 6.45) is 22.0. The van der Waals surface area contributed by atoms with Crippen LogP contribution in [0.2, 0.25) is 13.3 Å². The Hall–Kier alpha value is -2.79. The number of hydrogen-bond donors (Lipinski definition) is 0. The van der Waals surface area contributed by atoms with Crippen LogP contribution in [0.1, 0.15) is 157 Å². The first-order valence-electron chi connectivity index (χ1n) is 26.3. The maximum atomic E-state index is 12.9. The van der Waals surface area contributed by atoms with Crippen LogP contribution in [0.15, 0.2) is 97.3 Å². The third kappa shape index (κ3) is 13.1. The Balaban J connectivity index is 0.000000190. The molecule has 8 heteroatoms. The fourth-order valence-corrected chi connectivity index (χ4v) is 27.7. The number of amides is 2. The van der Waals surface area contributed by atoms with Gasteiger partial charge in [-0.3, -0.25) is 14.6 Å². The summed E-state index contributed by atoms with van der Waals surface area (Å²) in [5.41, 5.74) is 4.86. The van der Waals surface area contributed by atoms with E-state index in [1.165, 1.54) is 111 Å². The Kier molecular flexibility index (Phi) is 21.7. The summed E-state index contributed by atoms with van der Waals surface area (Å²) in [5.74, 6) is 2.19. The fraction of sp³-hybridized carbons (Fsp3) is 0.593. The second kappa shape index (κ2) is 26.4. The van der Waals surface area contributed by atoms with E-state index < -0.39 is 18.4 Å². The average Bonchev–Trinajstić information content (AvgIpc) is 4.01. The zero-order valence-electron chi connectivity index (χ0n) is 41.9. The van der Waals surface area contributed by atoms with Gasteiger partial charge in [-0.1, -0.05) is 110 Å². The molecule has 2 amide bonds. The first-order chi connectivity index (χ1) is 32.0. The number of pyridine rings is 2. The van der Waals surface area contributed by atoms with E-state index in [9.17, 15) is 9.59 Å². The number of unbranched alkanes of at least 4 members (excludes halogenated alkanes) is 9. The molecule has 2 saturated heterocycles. The summed E-state index contributed by atoms with van der Waals surface area (Å²) >= 11 is 0.151. The number of likely N-dealkylation sites (tertiary alicyclic amines) is 2. The number of carbonyl (C=O) groups excluding carboxylic acids is 2. The molecule has 0 bridgehead atoms. The van der Waals surface area contributed by atoms with Crippen LogP contribution < -0.4 is 3.71 Å². The molecule has 0 radical (unpaired) electrons. The molecule has 366 valence electrons. The first-order valence-corrected chi connectivity index (χ1v) is 34.9. The number of benzene rings is 2. The molecule has 2 aromatic carbocycles. The van der Waals surface area contributed by atoms with Gasteiger partial charge < -0.3 is 9.80 Å². The molecule has 8 rings (SSSR count). The zero-order chi connectivity index (χ0) is 47.2. The van der Waals surface area contributed by atoms with Crippen molar-refractivity contribution < 1.29 is 9.59 Å². The van der Waals surface area contributed by atoms with Crippen molar-refractivity contribution in [2.75, 3.05) is 26.2 Å². The van der Waals surface area contributed by atoms with E-state index in [0.717, 1.165) is 43.9 Å². The summed E-state index contributed by atoms with van der Waals surface area (Å²) in [4.78, 5) is 39.0. The number of piperidine rings is 2. The summed E-state index contributed by atoms with van der Waals surface area (Å²) < 4.78 is 7.36. The van der Waals surface area contributed by atoms with Crippen molar-refractivity contribution in [3.63, 3.8) is 0 Å². The van der Waals surface area contributed by atoms with Crippen molar-refractivity contribution in [2.45, 2.75) is 170 Å². The maximum absolute atomic E-state index is 12.9. The van der Waals surface area contributed by atoms with Gasteiger partial charge in [0.1, 0.15) is 0 Å². The molecular formula is C59H87IN4O2Sn. The van der Waals surface area contributed by atoms with Gasteiger partial charge in [-0.25, -0.2) is 0 Å². The summed E-state index contributed by atoms with van der Waals surface area (Å²) in [6, 6.07) is 29.9. The molecule has 6 nitrogen and oxygen atoms in total. The summed E-state index contributed by atoms with van der Waals surface area (Å²) in [6.45, 7) is 19.8. The molecule has 4 aromatic rings. The number of nitrogens with zero attached hydrogens (tertiary/aromatic N) is 4. The van der Waals surface area contributed by atoms with E-state index in [-0.39, 0.29) is 30.1 Å². The van der Waals surface area contributed by atoms with E-state index in [1.54, 1.807) is 3.71 Å². The monoisotopic (exact) mass is 1130 g/mol. The minimum atomic E-state index is -2.21. The van der Waals surface area contributed by atoms with Gasteiger partial charge in [-0.15, -0.1) is 0 Å². The quantitative estimate of drug-likeness (QED) is 0.0422. The Morgan fingerprint density at radius 3 is 1.46 bits per heavy atom. The van der Waals surface area contributed by atoms with Gasteiger partial charge in [-0.05, 0) is 88.7 Å². The number of hydrogen-bond acceptors (Lipinski definition) is 4. The topological polar surface area (TPSA) is 66.4 Å². The molecule has 0 N–H and O–H groups in total. The summed E-state index contributed by atoms with van der Waals surface area (Å²) in [5, 5.41) is 0. The van der Waals surface area contributed by atoms with Crippen LogP contribution in [0.25, 0.3) is 11.3 Å². The van der Waals surface area contributed by atoms with Gasteiger partial charge in [-0.2, -0.15) is 0 Å². The Morgan fingerprint density at radius 2 is 1.04 bits per heavy atom. The van der Waals surface area contributed by atoms with Gasteiger partial charge >= 0.3 is 124 Å². The van der Waals surface area contributed by atoms with Gasteiger partial charge in [0.15, 0.2) is 0 Å². The van der Waals surface area contributed by atoms with Crippen molar-refractivity contribution in [1.29, 1.82) is 0 Å². The van der Waals surface area contributed by atoms with E-state index >= 15 is 0 Å². The predicted molar refractivity (Wildman–Crippen MR) is 294 cm³/mol. The van der Waals surface area contributed by atoms with Crippen LogP contribution >= 0.6 is 22.6 Å². The van der Waals surface area contributed by atoms with Crippen molar-refractivity contribution in [3.05, 3.63) is 112 Å². The SMILES string of the molecule is C.CCCCCCN1CC2C(C1=O)C2(C)c1cccc(-c2ccccn2)c1.CCCCCCN1CC2C(C1=O)C2(C)c1cccc(I)c1.CCC[CH2][Sn]([CH2]CCC)([CH2]CCC)[c]1ccccn1. The van der Waals surface area contributed by atoms with Crippen LogP contribution in [-0.2, 0) is 20.4 Å². The van der Waals surface area contributed by atoms with Gasteiger partial charge in [0, 0.05) is 52.3 Å². The van der Waals surface area contributed by atoms with E-state index in [2.05, 4.69) is 153 Å². The predicted octanol–water partition coefficient (Wildman–Crippen LogP) is 14.7. The molecule has 2 aliphatic heterocycles. The van der Waals surface area contributed by atoms with Crippen molar-refractivity contribution in [1.82, 2.24) is 19.8 Å². The van der Waals surface area contributed by atoms with Gasteiger partial charge in [0.25, 0.3) is 0 Å². The van der Waals surface area contributed by atoms with Crippen LogP contribution in [0.3, 0.4) is 0 Å². The Labute approximate surface area is 425 Å². The van der Waals surface area contributed by atoms with Crippen LogP contribution in [0, 0.1) is 27.2 Å². The third-order valence-corrected chi connectivity index (χ3v) is 31.9. The number of rotatable bonds is 23. The molecule has 0 spiro atoms. The molecule has 2 aliphatic carbocycles. The molecule has 6 atom stereocenters. The normalized spacial score (nSPS) is 23.3. The molecule has 4 heterocycles. The minimum absolute atomic E-state index is 0. The van der Waals surface area contributed by atoms with E-state index in [0.29, 0.717) is 23.7 Å². The standard InChI is InChI=1S/C23H28N2O.C18H24INO.C5H4N.3C4H9.CH4.Sn/c1-3-4-5-8-14-25-16-19-21(22(25)26)23(19,2)18-11-9-10-17(15-18)20-12-6-7-13-24-20;1-3-4-5-6-10-20-12-15-16(17(20)21)18(15,2)13-8-7-9-14(19)11-13;1-2-4-6-5-3-1;3*1-3-4-2;;/h6-7,9-13,15,19,21H,3-5,8,14,16H2,1-2H3;7-9,11,15-16H,3-6,10,12H2,1-2H3;1-4H;3*1,3-4H2,2H3;1H4;. The number of aromatic nitrogens is 2. The van der Waals surface area contributed by atoms with Crippen molar-refractivity contribution in [2.24, 2.45) is 23.7 Å². The number of carbonyl (C=O) groups is 2. The average molecular weight is 1130 g/mol.